The standard InChI is InChI=1S/C21H23NO3S.ClH.Cu/c1-3-25-21(24)19-16-11-7-8-12-18(16)26-20(19)22-17(13-14(2)23)15-9-5-4-6-10-15;;/h4-6,9-10,13H,3,7-8,11-12H2,1-2H3,(H,22,23,24);1H;/q;;+2/p-2. The maximum absolute atomic E-state index is 12.6. The number of benzene rings is 1. The zero-order chi connectivity index (χ0) is 20.5. The summed E-state index contributed by atoms with van der Waals surface area (Å²) in [5.74, 6) is -0.396. The Balaban J connectivity index is 0.00000136. The number of thiophene rings is 1. The van der Waals surface area contributed by atoms with E-state index >= 15 is 0 Å². The Labute approximate surface area is 182 Å². The minimum atomic E-state index is -0.319. The maximum atomic E-state index is 12.6. The summed E-state index contributed by atoms with van der Waals surface area (Å²) >= 11 is 5.21. The number of halogens is 1. The quantitative estimate of drug-likeness (QED) is 0.292. The van der Waals surface area contributed by atoms with Crippen LogP contribution in [-0.2, 0) is 37.5 Å². The molecule has 0 fully saturated rings. The van der Waals surface area contributed by atoms with Crippen molar-refractivity contribution >= 4 is 43.9 Å². The number of fused-ring (bicyclic) bond motifs is 1. The molecular formula is C21H22ClCuNO3S. The molecule has 3 rings (SSSR count). The van der Waals surface area contributed by atoms with Gasteiger partial charge in [0, 0.05) is 4.88 Å². The van der Waals surface area contributed by atoms with Crippen molar-refractivity contribution in [1.29, 1.82) is 0 Å². The molecule has 1 aromatic heterocycles. The molecule has 0 saturated heterocycles. The molecule has 1 heterocycles. The number of rotatable bonds is 6. The molecule has 7 heteroatoms. The van der Waals surface area contributed by atoms with E-state index in [0.29, 0.717) is 22.9 Å². The van der Waals surface area contributed by atoms with Gasteiger partial charge < -0.3 is 10.1 Å². The average molecular weight is 467 g/mol. The van der Waals surface area contributed by atoms with Crippen LogP contribution in [0.15, 0.2) is 36.4 Å². The fourth-order valence-electron chi connectivity index (χ4n) is 3.14. The van der Waals surface area contributed by atoms with Gasteiger partial charge in [0.25, 0.3) is 0 Å². The van der Waals surface area contributed by atoms with E-state index in [-0.39, 0.29) is 11.8 Å². The Bertz CT molecular complexity index is 849. The van der Waals surface area contributed by atoms with Crippen molar-refractivity contribution in [1.82, 2.24) is 0 Å². The van der Waals surface area contributed by atoms with E-state index in [1.54, 1.807) is 18.3 Å². The van der Waals surface area contributed by atoms with Gasteiger partial charge in [0.1, 0.15) is 0 Å². The first-order valence-electron chi connectivity index (χ1n) is 9.02. The number of esters is 1. The van der Waals surface area contributed by atoms with Gasteiger partial charge in [-0.05, 0) is 56.7 Å². The minimum absolute atomic E-state index is 0.0772. The normalized spacial score (nSPS) is 13.1. The summed E-state index contributed by atoms with van der Waals surface area (Å²) in [6, 6.07) is 9.56. The van der Waals surface area contributed by atoms with E-state index in [1.807, 2.05) is 30.3 Å². The number of ether oxygens (including phenoxy) is 1. The van der Waals surface area contributed by atoms with Crippen LogP contribution in [0.25, 0.3) is 11.0 Å². The van der Waals surface area contributed by atoms with E-state index in [0.717, 1.165) is 36.8 Å². The second-order valence-electron chi connectivity index (χ2n) is 6.23. The van der Waals surface area contributed by atoms with Crippen LogP contribution in [0.1, 0.15) is 53.1 Å². The molecule has 153 valence electrons. The van der Waals surface area contributed by atoms with Gasteiger partial charge in [-0.1, -0.05) is 35.3 Å². The first-order chi connectivity index (χ1) is 13.6. The molecule has 1 aromatic carbocycles. The van der Waals surface area contributed by atoms with Crippen molar-refractivity contribution in [3.05, 3.63) is 63.3 Å². The van der Waals surface area contributed by atoms with Gasteiger partial charge in [-0.2, -0.15) is 11.3 Å². The number of nitrogens with zero attached hydrogens (tertiary/aromatic N) is 1. The molecule has 0 unspecified atom stereocenters. The summed E-state index contributed by atoms with van der Waals surface area (Å²) < 4.78 is 5.28. The third-order valence-corrected chi connectivity index (χ3v) is 5.45. The van der Waals surface area contributed by atoms with Gasteiger partial charge in [-0.3, -0.25) is 4.79 Å². The van der Waals surface area contributed by atoms with E-state index in [1.165, 1.54) is 17.9 Å². The number of carbonyl (C=O) groups is 2. The summed E-state index contributed by atoms with van der Waals surface area (Å²) in [7, 11) is 4.20. The summed E-state index contributed by atoms with van der Waals surface area (Å²) in [6.45, 7) is 3.64. The fourth-order valence-corrected chi connectivity index (χ4v) is 4.39. The van der Waals surface area contributed by atoms with Gasteiger partial charge in [0.05, 0.1) is 12.2 Å². The van der Waals surface area contributed by atoms with Crippen LogP contribution in [0, 0.1) is 0 Å². The van der Waals surface area contributed by atoms with Crippen LogP contribution in [0.5, 0.6) is 0 Å². The predicted octanol–water partition coefficient (Wildman–Crippen LogP) is 6.13. The summed E-state index contributed by atoms with van der Waals surface area (Å²) in [6.07, 6.45) is 5.57. The van der Waals surface area contributed by atoms with Crippen LogP contribution in [-0.4, -0.2) is 18.4 Å². The first-order valence-corrected chi connectivity index (χ1v) is 11.1. The topological polar surface area (TPSA) is 57.5 Å². The van der Waals surface area contributed by atoms with E-state index in [9.17, 15) is 9.59 Å². The molecule has 2 aromatic rings. The monoisotopic (exact) mass is 466 g/mol. The number of allylic oxidation sites excluding steroid dienone is 1. The zero-order valence-corrected chi connectivity index (χ0v) is 18.3. The number of hydrogen-bond donors (Lipinski definition) is 0. The molecule has 28 heavy (non-hydrogen) atoms. The van der Waals surface area contributed by atoms with Gasteiger partial charge in [0.15, 0.2) is 5.78 Å². The second-order valence-corrected chi connectivity index (χ2v) is 7.31. The molecule has 0 saturated carbocycles. The van der Waals surface area contributed by atoms with Crippen LogP contribution in [0.4, 0.5) is 5.00 Å². The van der Waals surface area contributed by atoms with Gasteiger partial charge in [-0.15, -0.1) is 5.70 Å². The fraction of sp³-hybridized carbons (Fsp3) is 0.333. The van der Waals surface area contributed by atoms with Crippen molar-refractivity contribution in [3.63, 3.8) is 0 Å². The molecule has 4 nitrogen and oxygen atoms in total. The molecule has 0 bridgehead atoms. The Morgan fingerprint density at radius 2 is 1.89 bits per heavy atom. The summed E-state index contributed by atoms with van der Waals surface area (Å²) in [5.41, 5.74) is 3.08. The van der Waals surface area contributed by atoms with Crippen LogP contribution in [0.3, 0.4) is 0 Å². The Morgan fingerprint density at radius 1 is 1.21 bits per heavy atom. The first kappa shape index (κ1) is 22.7. The number of hydrogen-bond acceptors (Lipinski definition) is 4. The Hall–Kier alpha value is -1.59. The van der Waals surface area contributed by atoms with Crippen molar-refractivity contribution in [2.24, 2.45) is 0 Å². The van der Waals surface area contributed by atoms with Crippen LogP contribution in [0.2, 0.25) is 0 Å². The van der Waals surface area contributed by atoms with Gasteiger partial charge in [0.2, 0.25) is 0 Å². The number of aryl methyl sites for hydroxylation is 1. The molecule has 0 aliphatic heterocycles. The Kier molecular flexibility index (Phi) is 9.26. The molecule has 0 N–H and O–H groups in total. The molecule has 1 aliphatic rings. The second kappa shape index (κ2) is 11.4. The van der Waals surface area contributed by atoms with Gasteiger partial charge >= 0.3 is 31.2 Å². The third kappa shape index (κ3) is 5.71. The van der Waals surface area contributed by atoms with E-state index in [4.69, 9.17) is 10.1 Å². The van der Waals surface area contributed by atoms with Crippen molar-refractivity contribution in [3.8, 4) is 0 Å². The summed E-state index contributed by atoms with van der Waals surface area (Å²) in [4.78, 5) is 25.5. The number of ketones is 1. The van der Waals surface area contributed by atoms with Crippen molar-refractivity contribution < 1.29 is 29.4 Å². The van der Waals surface area contributed by atoms with E-state index in [2.05, 4.69) is 25.2 Å². The van der Waals surface area contributed by atoms with Crippen molar-refractivity contribution in [2.45, 2.75) is 39.5 Å². The molecule has 0 radical (unpaired) electrons. The molecule has 0 amide bonds. The van der Waals surface area contributed by atoms with Crippen LogP contribution < -0.4 is 0 Å². The number of carbonyl (C=O) groups excluding carboxylic acids is 2. The van der Waals surface area contributed by atoms with E-state index < -0.39 is 0 Å². The average Bonchev–Trinajstić information content (AvgIpc) is 3.07. The van der Waals surface area contributed by atoms with Crippen LogP contribution >= 0.6 is 21.4 Å². The predicted molar refractivity (Wildman–Crippen MR) is 111 cm³/mol. The third-order valence-electron chi connectivity index (χ3n) is 4.26. The van der Waals surface area contributed by atoms with Crippen molar-refractivity contribution in [2.75, 3.05) is 6.61 Å². The molecule has 0 atom stereocenters. The Morgan fingerprint density at radius 3 is 2.54 bits per heavy atom. The molecule has 0 spiro atoms. The SMILES string of the molecule is CCOC(=O)c1c([N-]/C(=C\C(C)=O)c2ccccc2)sc2c1CCCC2.[Cl][Cu+]. The summed E-state index contributed by atoms with van der Waals surface area (Å²) in [5, 5.41) is 5.38. The molecule has 1 aliphatic carbocycles. The van der Waals surface area contributed by atoms with Gasteiger partial charge in [-0.25, -0.2) is 4.79 Å². The molecular weight excluding hydrogens is 445 g/mol. The zero-order valence-electron chi connectivity index (χ0n) is 15.8.